The summed E-state index contributed by atoms with van der Waals surface area (Å²) in [6, 6.07) is 0. The molecule has 0 aromatic carbocycles. The van der Waals surface area contributed by atoms with Crippen LogP contribution in [0.1, 0.15) is 33.1 Å². The van der Waals surface area contributed by atoms with Crippen LogP contribution in [0.15, 0.2) is 47.6 Å². The Morgan fingerprint density at radius 3 is 3.07 bits per heavy atom. The fraction of sp³-hybridized carbons (Fsp3) is 0.333. The lowest BCUT2D eigenvalue weighted by atomic mass is 10.0. The van der Waals surface area contributed by atoms with Crippen LogP contribution in [0.25, 0.3) is 0 Å². The van der Waals surface area contributed by atoms with Crippen molar-refractivity contribution >= 4 is 0 Å². The normalized spacial score (nSPS) is 15.7. The smallest absolute Gasteiger partial charge is 0.0308 e. The minimum Gasteiger partial charge on any atom is -0.0988 e. The summed E-state index contributed by atoms with van der Waals surface area (Å²) in [5.74, 6) is 6.10. The highest BCUT2D eigenvalue weighted by Gasteiger charge is 1.99. The highest BCUT2D eigenvalue weighted by Crippen LogP contribution is 2.17. The molecule has 0 spiro atoms. The van der Waals surface area contributed by atoms with Gasteiger partial charge in [-0.25, -0.2) is 0 Å². The van der Waals surface area contributed by atoms with E-state index in [1.54, 1.807) is 0 Å². The number of hydrogen-bond acceptors (Lipinski definition) is 0. The molecule has 0 unspecified atom stereocenters. The van der Waals surface area contributed by atoms with Crippen molar-refractivity contribution in [3.8, 4) is 11.8 Å². The first-order valence-corrected chi connectivity index (χ1v) is 5.45. The Bertz CT molecular complexity index is 378. The molecule has 0 aliphatic heterocycles. The molecule has 0 saturated heterocycles. The Kier molecular flexibility index (Phi) is 4.71. The summed E-state index contributed by atoms with van der Waals surface area (Å²) >= 11 is 0. The van der Waals surface area contributed by atoms with Gasteiger partial charge < -0.3 is 0 Å². The van der Waals surface area contributed by atoms with Crippen molar-refractivity contribution in [2.75, 3.05) is 0 Å². The molecule has 0 aromatic heterocycles. The fourth-order valence-corrected chi connectivity index (χ4v) is 1.51. The van der Waals surface area contributed by atoms with Crippen molar-refractivity contribution in [1.82, 2.24) is 0 Å². The number of allylic oxidation sites excluding steroid dienone is 7. The summed E-state index contributed by atoms with van der Waals surface area (Å²) in [6.07, 6.45) is 11.3. The maximum absolute atomic E-state index is 3.85. The summed E-state index contributed by atoms with van der Waals surface area (Å²) in [5, 5.41) is 0. The molecule has 0 nitrogen and oxygen atoms in total. The molecule has 0 heteroatoms. The SMILES string of the molecule is C=C/C(=C/C1=C(C)CC#CC=C1)CCC. The minimum absolute atomic E-state index is 0.870. The second-order valence-corrected chi connectivity index (χ2v) is 3.74. The third-order valence-electron chi connectivity index (χ3n) is 2.44. The van der Waals surface area contributed by atoms with Gasteiger partial charge in [-0.2, -0.15) is 0 Å². The quantitative estimate of drug-likeness (QED) is 0.469. The molecule has 0 amide bonds. The summed E-state index contributed by atoms with van der Waals surface area (Å²) in [7, 11) is 0. The van der Waals surface area contributed by atoms with Gasteiger partial charge in [-0.15, -0.1) is 0 Å². The Balaban J connectivity index is 2.91. The average Bonchev–Trinajstić information content (AvgIpc) is 2.43. The summed E-state index contributed by atoms with van der Waals surface area (Å²) in [6.45, 7) is 8.17. The predicted octanol–water partition coefficient (Wildman–Crippen LogP) is 4.18. The van der Waals surface area contributed by atoms with Crippen LogP contribution in [0.2, 0.25) is 0 Å². The molecule has 0 heterocycles. The van der Waals surface area contributed by atoms with Crippen LogP contribution < -0.4 is 0 Å². The third-order valence-corrected chi connectivity index (χ3v) is 2.44. The monoisotopic (exact) mass is 198 g/mol. The Hall–Kier alpha value is -1.48. The van der Waals surface area contributed by atoms with Crippen molar-refractivity contribution in [1.29, 1.82) is 0 Å². The first-order valence-electron chi connectivity index (χ1n) is 5.45. The molecule has 0 atom stereocenters. The molecular formula is C15H18. The Labute approximate surface area is 93.1 Å². The maximum Gasteiger partial charge on any atom is 0.0308 e. The largest absolute Gasteiger partial charge is 0.0988 e. The van der Waals surface area contributed by atoms with Gasteiger partial charge in [0.2, 0.25) is 0 Å². The van der Waals surface area contributed by atoms with Gasteiger partial charge in [0.05, 0.1) is 0 Å². The molecule has 0 aromatic rings. The number of hydrogen-bond donors (Lipinski definition) is 0. The van der Waals surface area contributed by atoms with E-state index >= 15 is 0 Å². The Morgan fingerprint density at radius 2 is 2.40 bits per heavy atom. The second kappa shape index (κ2) is 6.09. The van der Waals surface area contributed by atoms with E-state index in [0.717, 1.165) is 19.3 Å². The van der Waals surface area contributed by atoms with E-state index in [-0.39, 0.29) is 0 Å². The lowest BCUT2D eigenvalue weighted by Crippen LogP contribution is -1.84. The van der Waals surface area contributed by atoms with E-state index in [0.29, 0.717) is 0 Å². The van der Waals surface area contributed by atoms with Crippen LogP contribution >= 0.6 is 0 Å². The lowest BCUT2D eigenvalue weighted by molar-refractivity contribution is 0.925. The van der Waals surface area contributed by atoms with Crippen molar-refractivity contribution in [2.45, 2.75) is 33.1 Å². The van der Waals surface area contributed by atoms with Crippen LogP contribution in [-0.4, -0.2) is 0 Å². The van der Waals surface area contributed by atoms with E-state index in [4.69, 9.17) is 0 Å². The van der Waals surface area contributed by atoms with Gasteiger partial charge in [-0.05, 0) is 36.6 Å². The topological polar surface area (TPSA) is 0 Å². The van der Waals surface area contributed by atoms with E-state index in [1.807, 2.05) is 12.2 Å². The zero-order valence-corrected chi connectivity index (χ0v) is 9.64. The third kappa shape index (κ3) is 3.64. The van der Waals surface area contributed by atoms with Crippen molar-refractivity contribution in [3.05, 3.63) is 47.6 Å². The van der Waals surface area contributed by atoms with Crippen molar-refractivity contribution < 1.29 is 0 Å². The zero-order valence-electron chi connectivity index (χ0n) is 9.64. The van der Waals surface area contributed by atoms with E-state index < -0.39 is 0 Å². The number of rotatable bonds is 4. The van der Waals surface area contributed by atoms with E-state index in [1.165, 1.54) is 16.7 Å². The summed E-state index contributed by atoms with van der Waals surface area (Å²) in [5.41, 5.74) is 3.92. The fourth-order valence-electron chi connectivity index (χ4n) is 1.51. The van der Waals surface area contributed by atoms with Crippen LogP contribution in [0.5, 0.6) is 0 Å². The van der Waals surface area contributed by atoms with Gasteiger partial charge in [0.25, 0.3) is 0 Å². The summed E-state index contributed by atoms with van der Waals surface area (Å²) < 4.78 is 0. The molecule has 1 rings (SSSR count). The van der Waals surface area contributed by atoms with Crippen LogP contribution in [-0.2, 0) is 0 Å². The molecule has 15 heavy (non-hydrogen) atoms. The van der Waals surface area contributed by atoms with Gasteiger partial charge in [0.1, 0.15) is 0 Å². The molecule has 0 bridgehead atoms. The van der Waals surface area contributed by atoms with Gasteiger partial charge in [-0.1, -0.05) is 49.5 Å². The zero-order chi connectivity index (χ0) is 11.1. The van der Waals surface area contributed by atoms with Gasteiger partial charge in [-0.3, -0.25) is 0 Å². The average molecular weight is 198 g/mol. The molecule has 1 aliphatic carbocycles. The maximum atomic E-state index is 3.85. The van der Waals surface area contributed by atoms with Gasteiger partial charge in [0.15, 0.2) is 0 Å². The van der Waals surface area contributed by atoms with Crippen molar-refractivity contribution in [3.63, 3.8) is 0 Å². The minimum atomic E-state index is 0.870. The van der Waals surface area contributed by atoms with E-state index in [9.17, 15) is 0 Å². The molecule has 0 N–H and O–H groups in total. The van der Waals surface area contributed by atoms with Crippen LogP contribution in [0.4, 0.5) is 0 Å². The standard InChI is InChI=1S/C15H18/c1-4-9-14(5-2)12-15-11-8-6-7-10-13(15)3/h5,8,11-12H,2,4,9-10H2,1,3H3/b14-12-. The summed E-state index contributed by atoms with van der Waals surface area (Å²) in [4.78, 5) is 0. The molecule has 0 radical (unpaired) electrons. The highest BCUT2D eigenvalue weighted by molar-refractivity contribution is 5.44. The van der Waals surface area contributed by atoms with Crippen LogP contribution in [0, 0.1) is 11.8 Å². The predicted molar refractivity (Wildman–Crippen MR) is 67.4 cm³/mol. The molecular weight excluding hydrogens is 180 g/mol. The molecule has 1 aliphatic rings. The van der Waals surface area contributed by atoms with Crippen LogP contribution in [0.3, 0.4) is 0 Å². The highest BCUT2D eigenvalue weighted by atomic mass is 14.0. The second-order valence-electron chi connectivity index (χ2n) is 3.74. The van der Waals surface area contributed by atoms with Crippen molar-refractivity contribution in [2.24, 2.45) is 0 Å². The first-order chi connectivity index (χ1) is 7.27. The van der Waals surface area contributed by atoms with Gasteiger partial charge >= 0.3 is 0 Å². The molecule has 0 saturated carbocycles. The molecule has 0 fully saturated rings. The first kappa shape index (κ1) is 11.6. The van der Waals surface area contributed by atoms with Gasteiger partial charge in [0, 0.05) is 6.42 Å². The molecule has 78 valence electrons. The lowest BCUT2D eigenvalue weighted by Gasteiger charge is -2.03. The van der Waals surface area contributed by atoms with E-state index in [2.05, 4.69) is 44.4 Å². The Morgan fingerprint density at radius 1 is 1.60 bits per heavy atom.